The van der Waals surface area contributed by atoms with Crippen molar-refractivity contribution in [3.05, 3.63) is 54.2 Å². The van der Waals surface area contributed by atoms with Crippen molar-refractivity contribution in [2.24, 2.45) is 0 Å². The van der Waals surface area contributed by atoms with Crippen LogP contribution in [0.25, 0.3) is 0 Å². The van der Waals surface area contributed by atoms with Gasteiger partial charge in [0.05, 0.1) is 25.0 Å². The monoisotopic (exact) mass is 299 g/mol. The maximum absolute atomic E-state index is 12.2. The molecule has 0 unspecified atom stereocenters. The third-order valence-electron chi connectivity index (χ3n) is 3.38. The molecule has 116 valence electrons. The van der Waals surface area contributed by atoms with Gasteiger partial charge in [0.1, 0.15) is 6.04 Å². The Hall–Kier alpha value is -2.56. The van der Waals surface area contributed by atoms with Crippen LogP contribution >= 0.6 is 0 Å². The van der Waals surface area contributed by atoms with Gasteiger partial charge in [-0.3, -0.25) is 4.79 Å². The minimum absolute atomic E-state index is 0.0352. The van der Waals surface area contributed by atoms with E-state index in [-0.39, 0.29) is 18.0 Å². The Morgan fingerprint density at radius 1 is 1.14 bits per heavy atom. The molecule has 0 aliphatic carbocycles. The second kappa shape index (κ2) is 7.45. The number of anilines is 1. The van der Waals surface area contributed by atoms with Crippen molar-refractivity contribution in [1.82, 2.24) is 10.3 Å². The molecule has 2 N–H and O–H groups in total. The number of benzene rings is 1. The van der Waals surface area contributed by atoms with Crippen LogP contribution < -0.4 is 15.4 Å². The zero-order valence-electron chi connectivity index (χ0n) is 13.0. The van der Waals surface area contributed by atoms with Crippen LogP contribution in [0.5, 0.6) is 5.88 Å². The summed E-state index contributed by atoms with van der Waals surface area (Å²) in [6.07, 6.45) is 1.64. The maximum atomic E-state index is 12.2. The normalized spacial score (nSPS) is 13.0. The van der Waals surface area contributed by atoms with Crippen molar-refractivity contribution in [2.75, 3.05) is 12.4 Å². The molecule has 0 aliphatic heterocycles. The number of nitrogens with one attached hydrogen (secondary N) is 2. The van der Waals surface area contributed by atoms with E-state index in [1.165, 1.54) is 0 Å². The fourth-order valence-corrected chi connectivity index (χ4v) is 2.07. The van der Waals surface area contributed by atoms with Crippen LogP contribution in [0.1, 0.15) is 25.5 Å². The molecule has 0 radical (unpaired) electrons. The smallest absolute Gasteiger partial charge is 0.242 e. The molecule has 0 saturated heterocycles. The number of hydrogen-bond donors (Lipinski definition) is 2. The summed E-state index contributed by atoms with van der Waals surface area (Å²) in [6.45, 7) is 3.78. The Kier molecular flexibility index (Phi) is 5.36. The maximum Gasteiger partial charge on any atom is 0.242 e. The molecule has 1 aromatic carbocycles. The van der Waals surface area contributed by atoms with Gasteiger partial charge < -0.3 is 15.4 Å². The minimum Gasteiger partial charge on any atom is -0.481 e. The van der Waals surface area contributed by atoms with E-state index in [2.05, 4.69) is 15.6 Å². The largest absolute Gasteiger partial charge is 0.481 e. The highest BCUT2D eigenvalue weighted by Gasteiger charge is 2.16. The predicted molar refractivity (Wildman–Crippen MR) is 86.9 cm³/mol. The van der Waals surface area contributed by atoms with Gasteiger partial charge in [-0.2, -0.15) is 0 Å². The molecule has 2 rings (SSSR count). The number of nitrogens with zero attached hydrogens (tertiary/aromatic N) is 1. The standard InChI is InChI=1S/C17H21N3O2/c1-12(14-7-5-4-6-8-14)20-17(21)13(2)19-15-9-10-16(22-3)18-11-15/h4-13,19H,1-3H3,(H,20,21)/t12-,13-/m1/s1. The van der Waals surface area contributed by atoms with Gasteiger partial charge in [0.25, 0.3) is 0 Å². The molecule has 2 atom stereocenters. The van der Waals surface area contributed by atoms with Crippen molar-refractivity contribution in [2.45, 2.75) is 25.9 Å². The average molecular weight is 299 g/mol. The number of aromatic nitrogens is 1. The number of rotatable bonds is 6. The van der Waals surface area contributed by atoms with E-state index in [0.29, 0.717) is 5.88 Å². The lowest BCUT2D eigenvalue weighted by atomic mass is 10.1. The Morgan fingerprint density at radius 3 is 2.45 bits per heavy atom. The number of carbonyl (C=O) groups excluding carboxylic acids is 1. The van der Waals surface area contributed by atoms with Crippen LogP contribution in [-0.2, 0) is 4.79 Å². The first-order valence-corrected chi connectivity index (χ1v) is 7.22. The zero-order valence-corrected chi connectivity index (χ0v) is 13.0. The summed E-state index contributed by atoms with van der Waals surface area (Å²) in [5.41, 5.74) is 1.85. The highest BCUT2D eigenvalue weighted by Crippen LogP contribution is 2.14. The lowest BCUT2D eigenvalue weighted by Crippen LogP contribution is -2.38. The number of pyridine rings is 1. The van der Waals surface area contributed by atoms with Gasteiger partial charge in [0.2, 0.25) is 11.8 Å². The van der Waals surface area contributed by atoms with E-state index in [0.717, 1.165) is 11.3 Å². The van der Waals surface area contributed by atoms with E-state index < -0.39 is 0 Å². The molecular weight excluding hydrogens is 278 g/mol. The molecule has 1 aromatic heterocycles. The van der Waals surface area contributed by atoms with Gasteiger partial charge in [-0.15, -0.1) is 0 Å². The number of ether oxygens (including phenoxy) is 1. The molecule has 2 aromatic rings. The van der Waals surface area contributed by atoms with Gasteiger partial charge in [-0.1, -0.05) is 30.3 Å². The molecule has 1 amide bonds. The Bertz CT molecular complexity index is 599. The van der Waals surface area contributed by atoms with Crippen molar-refractivity contribution in [3.8, 4) is 5.88 Å². The first-order valence-electron chi connectivity index (χ1n) is 7.22. The van der Waals surface area contributed by atoms with Gasteiger partial charge >= 0.3 is 0 Å². The lowest BCUT2D eigenvalue weighted by molar-refractivity contribution is -0.122. The summed E-state index contributed by atoms with van der Waals surface area (Å²) >= 11 is 0. The molecule has 0 bridgehead atoms. The van der Waals surface area contributed by atoms with Gasteiger partial charge in [0, 0.05) is 6.07 Å². The summed E-state index contributed by atoms with van der Waals surface area (Å²) in [7, 11) is 1.57. The van der Waals surface area contributed by atoms with Crippen molar-refractivity contribution in [1.29, 1.82) is 0 Å². The van der Waals surface area contributed by atoms with E-state index in [9.17, 15) is 4.79 Å². The molecule has 22 heavy (non-hydrogen) atoms. The van der Waals surface area contributed by atoms with Crippen LogP contribution in [-0.4, -0.2) is 24.0 Å². The zero-order chi connectivity index (χ0) is 15.9. The minimum atomic E-state index is -0.360. The average Bonchev–Trinajstić information content (AvgIpc) is 2.56. The molecule has 1 heterocycles. The van der Waals surface area contributed by atoms with Gasteiger partial charge in [-0.05, 0) is 25.5 Å². The summed E-state index contributed by atoms with van der Waals surface area (Å²) in [5.74, 6) is 0.479. The Balaban J connectivity index is 1.91. The van der Waals surface area contributed by atoms with Gasteiger partial charge in [0.15, 0.2) is 0 Å². The van der Waals surface area contributed by atoms with Crippen molar-refractivity contribution >= 4 is 11.6 Å². The molecule has 0 spiro atoms. The van der Waals surface area contributed by atoms with Crippen molar-refractivity contribution in [3.63, 3.8) is 0 Å². The van der Waals surface area contributed by atoms with E-state index >= 15 is 0 Å². The summed E-state index contributed by atoms with van der Waals surface area (Å²) < 4.78 is 5.01. The van der Waals surface area contributed by atoms with E-state index in [4.69, 9.17) is 4.74 Å². The van der Waals surface area contributed by atoms with Crippen LogP contribution in [0, 0.1) is 0 Å². The number of carbonyl (C=O) groups is 1. The van der Waals surface area contributed by atoms with E-state index in [1.54, 1.807) is 19.4 Å². The quantitative estimate of drug-likeness (QED) is 0.861. The third-order valence-corrected chi connectivity index (χ3v) is 3.38. The van der Waals surface area contributed by atoms with Crippen LogP contribution in [0.15, 0.2) is 48.7 Å². The fourth-order valence-electron chi connectivity index (χ4n) is 2.07. The van der Waals surface area contributed by atoms with E-state index in [1.807, 2.05) is 50.2 Å². The topological polar surface area (TPSA) is 63.2 Å². The molecule has 5 heteroatoms. The van der Waals surface area contributed by atoms with Gasteiger partial charge in [-0.25, -0.2) is 4.98 Å². The first-order chi connectivity index (χ1) is 10.6. The highest BCUT2D eigenvalue weighted by atomic mass is 16.5. The summed E-state index contributed by atoms with van der Waals surface area (Å²) in [5, 5.41) is 6.11. The Morgan fingerprint density at radius 2 is 1.86 bits per heavy atom. The van der Waals surface area contributed by atoms with Crippen LogP contribution in [0.4, 0.5) is 5.69 Å². The molecule has 5 nitrogen and oxygen atoms in total. The predicted octanol–water partition coefficient (Wildman–Crippen LogP) is 2.77. The summed E-state index contributed by atoms with van der Waals surface area (Å²) in [6, 6.07) is 13.1. The molecular formula is C17H21N3O2. The lowest BCUT2D eigenvalue weighted by Gasteiger charge is -2.19. The van der Waals surface area contributed by atoms with Crippen LogP contribution in [0.2, 0.25) is 0 Å². The number of amides is 1. The third kappa shape index (κ3) is 4.22. The second-order valence-electron chi connectivity index (χ2n) is 5.10. The first kappa shape index (κ1) is 15.8. The molecule has 0 aliphatic rings. The second-order valence-corrected chi connectivity index (χ2v) is 5.10. The highest BCUT2D eigenvalue weighted by molar-refractivity contribution is 5.84. The Labute approximate surface area is 130 Å². The molecule has 0 saturated carbocycles. The SMILES string of the molecule is COc1ccc(N[C@H](C)C(=O)N[C@H](C)c2ccccc2)cn1. The number of hydrogen-bond acceptors (Lipinski definition) is 4. The van der Waals surface area contributed by atoms with Crippen molar-refractivity contribution < 1.29 is 9.53 Å². The fraction of sp³-hybridized carbons (Fsp3) is 0.294. The van der Waals surface area contributed by atoms with Crippen LogP contribution in [0.3, 0.4) is 0 Å². The summed E-state index contributed by atoms with van der Waals surface area (Å²) in [4.78, 5) is 16.3. The molecule has 0 fully saturated rings. The number of methoxy groups -OCH3 is 1.